The third-order valence-corrected chi connectivity index (χ3v) is 4.63. The van der Waals surface area contributed by atoms with Crippen LogP contribution >= 0.6 is 0 Å². The first-order chi connectivity index (χ1) is 13.7. The summed E-state index contributed by atoms with van der Waals surface area (Å²) in [5.41, 5.74) is 15.4. The third-order valence-electron chi connectivity index (χ3n) is 4.63. The zero-order chi connectivity index (χ0) is 19.3. The van der Waals surface area contributed by atoms with Crippen LogP contribution in [0.15, 0.2) is 48.8 Å². The number of ether oxygens (including phenoxy) is 1. The van der Waals surface area contributed by atoms with Gasteiger partial charge in [-0.1, -0.05) is 12.1 Å². The third kappa shape index (κ3) is 4.12. The zero-order valence-electron chi connectivity index (χ0n) is 15.5. The number of aromatic nitrogens is 3. The van der Waals surface area contributed by atoms with E-state index >= 15 is 0 Å². The van der Waals surface area contributed by atoms with Crippen molar-refractivity contribution in [1.82, 2.24) is 20.3 Å². The fourth-order valence-electron chi connectivity index (χ4n) is 3.13. The van der Waals surface area contributed by atoms with Gasteiger partial charge < -0.3 is 26.4 Å². The average Bonchev–Trinajstić information content (AvgIpc) is 2.74. The lowest BCUT2D eigenvalue weighted by atomic mass is 10.1. The summed E-state index contributed by atoms with van der Waals surface area (Å²) >= 11 is 0. The zero-order valence-corrected chi connectivity index (χ0v) is 15.5. The van der Waals surface area contributed by atoms with Crippen molar-refractivity contribution in [2.45, 2.75) is 6.61 Å². The quantitative estimate of drug-likeness (QED) is 0.615. The minimum atomic E-state index is 0.253. The SMILES string of the molecule is Nc1cc(COc2nc(-c3ccc(N4CCNCC4)cc3)cnc2N)ccn1. The molecule has 5 N–H and O–H groups in total. The molecule has 1 aliphatic rings. The first kappa shape index (κ1) is 18.0. The molecular formula is C20H23N7O. The van der Waals surface area contributed by atoms with E-state index in [0.717, 1.165) is 37.3 Å². The molecule has 28 heavy (non-hydrogen) atoms. The molecule has 8 nitrogen and oxygen atoms in total. The van der Waals surface area contributed by atoms with Gasteiger partial charge in [0, 0.05) is 43.6 Å². The first-order valence-corrected chi connectivity index (χ1v) is 9.21. The van der Waals surface area contributed by atoms with Gasteiger partial charge in [0.1, 0.15) is 12.4 Å². The number of rotatable bonds is 5. The Hall–Kier alpha value is -3.39. The van der Waals surface area contributed by atoms with Crippen LogP contribution in [-0.4, -0.2) is 41.1 Å². The monoisotopic (exact) mass is 377 g/mol. The molecule has 3 aromatic rings. The van der Waals surface area contributed by atoms with E-state index in [9.17, 15) is 0 Å². The molecule has 0 unspecified atom stereocenters. The lowest BCUT2D eigenvalue weighted by molar-refractivity contribution is 0.295. The summed E-state index contributed by atoms with van der Waals surface area (Å²) in [7, 11) is 0. The van der Waals surface area contributed by atoms with Crippen molar-refractivity contribution < 1.29 is 4.74 Å². The molecule has 0 spiro atoms. The maximum Gasteiger partial charge on any atom is 0.258 e. The lowest BCUT2D eigenvalue weighted by Gasteiger charge is -2.29. The Bertz CT molecular complexity index is 940. The highest BCUT2D eigenvalue weighted by atomic mass is 16.5. The second kappa shape index (κ2) is 8.10. The molecule has 3 heterocycles. The Morgan fingerprint density at radius 3 is 2.57 bits per heavy atom. The summed E-state index contributed by atoms with van der Waals surface area (Å²) in [5.74, 6) is 1.00. The molecule has 2 aromatic heterocycles. The summed E-state index contributed by atoms with van der Waals surface area (Å²) in [6, 6.07) is 11.9. The van der Waals surface area contributed by atoms with Crippen molar-refractivity contribution in [2.24, 2.45) is 0 Å². The molecule has 1 fully saturated rings. The van der Waals surface area contributed by atoms with Crippen molar-refractivity contribution in [3.05, 3.63) is 54.4 Å². The molecule has 8 heteroatoms. The second-order valence-corrected chi connectivity index (χ2v) is 6.61. The van der Waals surface area contributed by atoms with Crippen LogP contribution in [0, 0.1) is 0 Å². The molecule has 0 aliphatic carbocycles. The number of benzene rings is 1. The van der Waals surface area contributed by atoms with Crippen LogP contribution in [0.25, 0.3) is 11.3 Å². The summed E-state index contributed by atoms with van der Waals surface area (Å²) in [6.07, 6.45) is 3.30. The molecule has 0 bridgehead atoms. The topological polar surface area (TPSA) is 115 Å². The summed E-state index contributed by atoms with van der Waals surface area (Å²) in [5, 5.41) is 3.36. The van der Waals surface area contributed by atoms with Crippen molar-refractivity contribution >= 4 is 17.3 Å². The number of anilines is 3. The van der Waals surface area contributed by atoms with Gasteiger partial charge >= 0.3 is 0 Å². The molecule has 1 aromatic carbocycles. The van der Waals surface area contributed by atoms with E-state index < -0.39 is 0 Å². The number of nitrogen functional groups attached to an aromatic ring is 2. The summed E-state index contributed by atoms with van der Waals surface area (Å²) in [4.78, 5) is 15.1. The number of pyridine rings is 1. The number of piperazine rings is 1. The summed E-state index contributed by atoms with van der Waals surface area (Å²) in [6.45, 7) is 4.33. The number of nitrogens with zero attached hydrogens (tertiary/aromatic N) is 4. The lowest BCUT2D eigenvalue weighted by Crippen LogP contribution is -2.43. The van der Waals surface area contributed by atoms with Crippen molar-refractivity contribution in [3.8, 4) is 17.1 Å². The van der Waals surface area contributed by atoms with Gasteiger partial charge in [0.15, 0.2) is 5.82 Å². The number of hydrogen-bond donors (Lipinski definition) is 3. The van der Waals surface area contributed by atoms with Gasteiger partial charge in [0.2, 0.25) is 0 Å². The van der Waals surface area contributed by atoms with E-state index in [-0.39, 0.29) is 12.4 Å². The molecule has 0 saturated carbocycles. The first-order valence-electron chi connectivity index (χ1n) is 9.21. The van der Waals surface area contributed by atoms with Crippen molar-refractivity contribution in [3.63, 3.8) is 0 Å². The van der Waals surface area contributed by atoms with E-state index in [4.69, 9.17) is 16.2 Å². The number of nitrogens with two attached hydrogens (primary N) is 2. The Balaban J connectivity index is 1.49. The van der Waals surface area contributed by atoms with Crippen LogP contribution in [0.1, 0.15) is 5.56 Å². The van der Waals surface area contributed by atoms with E-state index in [1.807, 2.05) is 18.2 Å². The Kier molecular flexibility index (Phi) is 5.20. The maximum absolute atomic E-state index is 5.93. The molecule has 0 atom stereocenters. The minimum Gasteiger partial charge on any atom is -0.470 e. The maximum atomic E-state index is 5.93. The van der Waals surface area contributed by atoms with E-state index in [0.29, 0.717) is 17.4 Å². The molecule has 0 amide bonds. The molecule has 4 rings (SSSR count). The largest absolute Gasteiger partial charge is 0.470 e. The van der Waals surface area contributed by atoms with Crippen LogP contribution in [0.4, 0.5) is 17.3 Å². The Labute approximate surface area is 163 Å². The highest BCUT2D eigenvalue weighted by molar-refractivity contribution is 5.64. The number of nitrogens with one attached hydrogen (secondary N) is 1. The smallest absolute Gasteiger partial charge is 0.258 e. The van der Waals surface area contributed by atoms with E-state index in [1.54, 1.807) is 18.5 Å². The van der Waals surface area contributed by atoms with Crippen LogP contribution in [0.3, 0.4) is 0 Å². The fraction of sp³-hybridized carbons (Fsp3) is 0.250. The molecule has 1 aliphatic heterocycles. The minimum absolute atomic E-state index is 0.253. The normalized spacial score (nSPS) is 14.1. The summed E-state index contributed by atoms with van der Waals surface area (Å²) < 4.78 is 5.76. The molecule has 0 radical (unpaired) electrons. The van der Waals surface area contributed by atoms with Crippen molar-refractivity contribution in [1.29, 1.82) is 0 Å². The predicted molar refractivity (Wildman–Crippen MR) is 110 cm³/mol. The molecular weight excluding hydrogens is 354 g/mol. The van der Waals surface area contributed by atoms with Gasteiger partial charge in [-0.25, -0.2) is 15.0 Å². The van der Waals surface area contributed by atoms with Gasteiger partial charge in [0.25, 0.3) is 5.88 Å². The van der Waals surface area contributed by atoms with Gasteiger partial charge in [-0.2, -0.15) is 0 Å². The van der Waals surface area contributed by atoms with Crippen molar-refractivity contribution in [2.75, 3.05) is 42.5 Å². The van der Waals surface area contributed by atoms with Crippen LogP contribution in [0.5, 0.6) is 5.88 Å². The van der Waals surface area contributed by atoms with E-state index in [1.165, 1.54) is 5.69 Å². The van der Waals surface area contributed by atoms with Gasteiger partial charge in [0.05, 0.1) is 11.9 Å². The van der Waals surface area contributed by atoms with E-state index in [2.05, 4.69) is 37.3 Å². The Morgan fingerprint density at radius 2 is 1.82 bits per heavy atom. The van der Waals surface area contributed by atoms with Crippen LogP contribution in [-0.2, 0) is 6.61 Å². The molecule has 1 saturated heterocycles. The van der Waals surface area contributed by atoms with Gasteiger partial charge in [-0.15, -0.1) is 0 Å². The highest BCUT2D eigenvalue weighted by Crippen LogP contribution is 2.25. The average molecular weight is 377 g/mol. The fourth-order valence-corrected chi connectivity index (χ4v) is 3.13. The van der Waals surface area contributed by atoms with Crippen LogP contribution in [0.2, 0.25) is 0 Å². The highest BCUT2D eigenvalue weighted by Gasteiger charge is 2.12. The standard InChI is InChI=1S/C20H23N7O/c21-18-11-14(5-6-24-18)13-28-20-19(22)25-12-17(26-20)15-1-3-16(4-2-15)27-9-7-23-8-10-27/h1-6,11-12,23H,7-10,13H2,(H2,21,24)(H2,22,25). The Morgan fingerprint density at radius 1 is 1.04 bits per heavy atom. The number of hydrogen-bond acceptors (Lipinski definition) is 8. The predicted octanol–water partition coefficient (Wildman–Crippen LogP) is 1.69. The van der Waals surface area contributed by atoms with Crippen LogP contribution < -0.4 is 26.4 Å². The molecule has 144 valence electrons. The second-order valence-electron chi connectivity index (χ2n) is 6.61. The van der Waals surface area contributed by atoms with Gasteiger partial charge in [-0.3, -0.25) is 0 Å². The van der Waals surface area contributed by atoms with Gasteiger partial charge in [-0.05, 0) is 29.8 Å².